The van der Waals surface area contributed by atoms with Crippen molar-refractivity contribution in [1.29, 1.82) is 0 Å². The number of hydrogen-bond donors (Lipinski definition) is 4. The molecule has 4 aromatic rings. The van der Waals surface area contributed by atoms with Crippen LogP contribution < -0.4 is 10.6 Å². The Balaban J connectivity index is 1.45. The Morgan fingerprint density at radius 1 is 1.03 bits per heavy atom. The number of benzene rings is 3. The Labute approximate surface area is 236 Å². The summed E-state index contributed by atoms with van der Waals surface area (Å²) in [5.74, 6) is -1.16. The summed E-state index contributed by atoms with van der Waals surface area (Å²) in [6.07, 6.45) is 1.26. The second kappa shape index (κ2) is 12.3. The molecule has 0 fully saturated rings. The van der Waals surface area contributed by atoms with E-state index in [9.17, 15) is 23.4 Å². The summed E-state index contributed by atoms with van der Waals surface area (Å²) in [6, 6.07) is 22.6. The Hall–Kier alpha value is -3.18. The smallest absolute Gasteiger partial charge is 0.352 e. The van der Waals surface area contributed by atoms with E-state index in [1.165, 1.54) is 0 Å². The Bertz CT molecular complexity index is 1570. The van der Waals surface area contributed by atoms with E-state index < -0.39 is 21.9 Å². The highest BCUT2D eigenvalue weighted by Crippen LogP contribution is 2.24. The fraction of sp³-hybridized carbons (Fsp3) is 0.276. The number of aliphatic hydroxyl groups is 1. The van der Waals surface area contributed by atoms with Crippen molar-refractivity contribution in [1.82, 2.24) is 9.88 Å². The van der Waals surface area contributed by atoms with Crippen LogP contribution in [0.25, 0.3) is 10.9 Å². The summed E-state index contributed by atoms with van der Waals surface area (Å²) >= 11 is 3.43. The molecule has 4 N–H and O–H groups in total. The van der Waals surface area contributed by atoms with Crippen LogP contribution in [0.5, 0.6) is 0 Å². The zero-order chi connectivity index (χ0) is 28.2. The summed E-state index contributed by atoms with van der Waals surface area (Å²) < 4.78 is 25.5. The van der Waals surface area contributed by atoms with Crippen LogP contribution in [-0.2, 0) is 22.8 Å². The molecule has 10 heteroatoms. The van der Waals surface area contributed by atoms with E-state index in [2.05, 4.69) is 33.5 Å². The number of anilines is 1. The van der Waals surface area contributed by atoms with Gasteiger partial charge in [-0.1, -0.05) is 46.3 Å². The van der Waals surface area contributed by atoms with E-state index in [1.807, 2.05) is 54.6 Å². The molecule has 3 aromatic carbocycles. The lowest BCUT2D eigenvalue weighted by atomic mass is 10.0. The average molecular weight is 615 g/mol. The third kappa shape index (κ3) is 7.92. The summed E-state index contributed by atoms with van der Waals surface area (Å²) in [6.45, 7) is 2.84. The number of carboxylic acids is 1. The van der Waals surface area contributed by atoms with Crippen LogP contribution in [0, 0.1) is 0 Å². The van der Waals surface area contributed by atoms with Crippen LogP contribution in [0.3, 0.4) is 0 Å². The second-order valence-electron chi connectivity index (χ2n) is 9.84. The molecule has 39 heavy (non-hydrogen) atoms. The molecule has 0 bridgehead atoms. The van der Waals surface area contributed by atoms with Crippen LogP contribution in [0.15, 0.2) is 77.3 Å². The molecule has 206 valence electrons. The molecule has 2 atom stereocenters. The molecule has 1 heterocycles. The first-order valence-corrected chi connectivity index (χ1v) is 15.4. The number of aromatic carboxylic acids is 1. The molecule has 0 amide bonds. The maximum atomic E-state index is 12.0. The van der Waals surface area contributed by atoms with E-state index in [4.69, 9.17) is 0 Å². The van der Waals surface area contributed by atoms with Gasteiger partial charge in [0.1, 0.15) is 11.6 Å². The summed E-state index contributed by atoms with van der Waals surface area (Å²) in [5.41, 5.74) is 4.50. The Morgan fingerprint density at radius 3 is 2.41 bits per heavy atom. The van der Waals surface area contributed by atoms with Crippen molar-refractivity contribution in [3.05, 3.63) is 99.7 Å². The number of halogens is 1. The highest BCUT2D eigenvalue weighted by Gasteiger charge is 2.16. The van der Waals surface area contributed by atoms with Crippen molar-refractivity contribution in [2.24, 2.45) is 0 Å². The van der Waals surface area contributed by atoms with E-state index in [0.29, 0.717) is 18.8 Å². The number of nitrogens with zero attached hydrogens (tertiary/aromatic N) is 1. The molecule has 0 aliphatic carbocycles. The molecule has 0 saturated carbocycles. The fourth-order valence-electron chi connectivity index (χ4n) is 4.49. The average Bonchev–Trinajstić information content (AvgIpc) is 3.24. The highest BCUT2D eigenvalue weighted by atomic mass is 79.9. The highest BCUT2D eigenvalue weighted by molar-refractivity contribution is 9.10. The minimum Gasteiger partial charge on any atom is -0.477 e. The lowest BCUT2D eigenvalue weighted by Crippen LogP contribution is -2.32. The molecule has 1 aromatic heterocycles. The first kappa shape index (κ1) is 28.8. The number of aliphatic hydroxyl groups excluding tert-OH is 1. The van der Waals surface area contributed by atoms with Gasteiger partial charge < -0.3 is 25.4 Å². The van der Waals surface area contributed by atoms with Gasteiger partial charge >= 0.3 is 5.97 Å². The summed E-state index contributed by atoms with van der Waals surface area (Å²) in [7, 11) is -3.14. The minimum atomic E-state index is -3.14. The van der Waals surface area contributed by atoms with Crippen LogP contribution in [0.1, 0.15) is 40.2 Å². The zero-order valence-corrected chi connectivity index (χ0v) is 24.2. The van der Waals surface area contributed by atoms with Crippen molar-refractivity contribution in [2.75, 3.05) is 24.0 Å². The lowest BCUT2D eigenvalue weighted by molar-refractivity contribution is 0.0686. The number of rotatable bonds is 12. The number of fused-ring (bicyclic) bond motifs is 1. The monoisotopic (exact) mass is 613 g/mol. The van der Waals surface area contributed by atoms with E-state index in [1.54, 1.807) is 22.8 Å². The maximum Gasteiger partial charge on any atom is 0.352 e. The molecule has 8 nitrogen and oxygen atoms in total. The minimum absolute atomic E-state index is 0.0973. The van der Waals surface area contributed by atoms with Gasteiger partial charge in [-0.15, -0.1) is 0 Å². The normalized spacial score (nSPS) is 13.3. The van der Waals surface area contributed by atoms with Crippen molar-refractivity contribution in [3.8, 4) is 0 Å². The third-order valence-electron chi connectivity index (χ3n) is 6.45. The molecular weight excluding hydrogens is 582 g/mol. The van der Waals surface area contributed by atoms with Crippen LogP contribution in [0.2, 0.25) is 0 Å². The number of nitrogens with one attached hydrogen (secondary N) is 2. The Morgan fingerprint density at radius 2 is 1.74 bits per heavy atom. The Kier molecular flexibility index (Phi) is 9.12. The van der Waals surface area contributed by atoms with Crippen molar-refractivity contribution in [2.45, 2.75) is 32.0 Å². The topological polar surface area (TPSA) is 121 Å². The van der Waals surface area contributed by atoms with Gasteiger partial charge in [0.05, 0.1) is 6.10 Å². The van der Waals surface area contributed by atoms with Gasteiger partial charge in [0.2, 0.25) is 0 Å². The predicted octanol–water partition coefficient (Wildman–Crippen LogP) is 4.82. The third-order valence-corrected chi connectivity index (χ3v) is 7.61. The first-order chi connectivity index (χ1) is 18.5. The van der Waals surface area contributed by atoms with Crippen molar-refractivity contribution in [3.63, 3.8) is 0 Å². The van der Waals surface area contributed by atoms with Gasteiger partial charge in [0.15, 0.2) is 9.84 Å². The van der Waals surface area contributed by atoms with Crippen LogP contribution >= 0.6 is 15.9 Å². The standard InChI is InChI=1S/C29H32BrN3O5S/c1-19(31-16-28(34)22-4-3-5-24(30)14-22)12-21-8-11-26-23(13-21)15-27(29(35)36)33(26)17-20-6-9-25(10-7-20)32-18-39(2,37)38/h3-11,13-15,19,28,31-32,34H,12,16-18H2,1-2H3,(H,35,36). The molecule has 2 unspecified atom stereocenters. The quantitative estimate of drug-likeness (QED) is 0.181. The van der Waals surface area contributed by atoms with Gasteiger partial charge in [0.25, 0.3) is 0 Å². The summed E-state index contributed by atoms with van der Waals surface area (Å²) in [4.78, 5) is 12.0. The van der Waals surface area contributed by atoms with Crippen LogP contribution in [-0.4, -0.2) is 53.9 Å². The maximum absolute atomic E-state index is 12.0. The van der Waals surface area contributed by atoms with E-state index >= 15 is 0 Å². The number of carbonyl (C=O) groups is 1. The van der Waals surface area contributed by atoms with Crippen molar-refractivity contribution < 1.29 is 23.4 Å². The number of hydrogen-bond acceptors (Lipinski definition) is 6. The first-order valence-electron chi connectivity index (χ1n) is 12.5. The predicted molar refractivity (Wildman–Crippen MR) is 158 cm³/mol. The van der Waals surface area contributed by atoms with Gasteiger partial charge in [-0.3, -0.25) is 0 Å². The van der Waals surface area contributed by atoms with Gasteiger partial charge in [-0.05, 0) is 72.5 Å². The lowest BCUT2D eigenvalue weighted by Gasteiger charge is -2.18. The molecule has 0 aliphatic heterocycles. The van der Waals surface area contributed by atoms with E-state index in [-0.39, 0.29) is 17.6 Å². The largest absolute Gasteiger partial charge is 0.477 e. The van der Waals surface area contributed by atoms with Gasteiger partial charge in [0, 0.05) is 46.5 Å². The van der Waals surface area contributed by atoms with Crippen LogP contribution in [0.4, 0.5) is 5.69 Å². The van der Waals surface area contributed by atoms with Gasteiger partial charge in [-0.2, -0.15) is 0 Å². The van der Waals surface area contributed by atoms with Crippen molar-refractivity contribution >= 4 is 48.3 Å². The second-order valence-corrected chi connectivity index (χ2v) is 12.9. The number of sulfone groups is 1. The molecular formula is C29H32BrN3O5S. The molecule has 4 rings (SSSR count). The summed E-state index contributed by atoms with van der Waals surface area (Å²) in [5, 5.41) is 27.5. The molecule has 0 aliphatic rings. The molecule has 0 saturated heterocycles. The number of carboxylic acid groups (broad SMARTS) is 1. The zero-order valence-electron chi connectivity index (χ0n) is 21.8. The molecule has 0 spiro atoms. The SMILES string of the molecule is CC(Cc1ccc2c(c1)cc(C(=O)O)n2Cc1ccc(NCS(C)(=O)=O)cc1)NCC(O)c1cccc(Br)c1. The molecule has 0 radical (unpaired) electrons. The number of aromatic nitrogens is 1. The van der Waals surface area contributed by atoms with E-state index in [0.717, 1.165) is 44.7 Å². The van der Waals surface area contributed by atoms with Gasteiger partial charge in [-0.25, -0.2) is 13.2 Å². The fourth-order valence-corrected chi connectivity index (χ4v) is 5.34.